The zero-order chi connectivity index (χ0) is 16.1. The molecule has 6 heteroatoms. The molecule has 23 heavy (non-hydrogen) atoms. The number of tetrazole rings is 1. The lowest BCUT2D eigenvalue weighted by Gasteiger charge is -2.15. The Balaban J connectivity index is 1.57. The largest absolute Gasteiger partial charge is 0.352 e. The Labute approximate surface area is 136 Å². The Morgan fingerprint density at radius 2 is 1.87 bits per heavy atom. The molecule has 1 N–H and O–H groups in total. The van der Waals surface area contributed by atoms with Crippen LogP contribution in [-0.4, -0.2) is 32.2 Å². The van der Waals surface area contributed by atoms with E-state index in [0.29, 0.717) is 11.9 Å². The highest BCUT2D eigenvalue weighted by molar-refractivity contribution is 5.75. The van der Waals surface area contributed by atoms with Crippen molar-refractivity contribution >= 4 is 5.91 Å². The van der Waals surface area contributed by atoms with E-state index in [1.165, 1.54) is 36.0 Å². The summed E-state index contributed by atoms with van der Waals surface area (Å²) in [5.74, 6) is 0.511. The lowest BCUT2D eigenvalue weighted by molar-refractivity contribution is -0.122. The summed E-state index contributed by atoms with van der Waals surface area (Å²) < 4.78 is 0. The molecule has 1 heterocycles. The first-order chi connectivity index (χ1) is 11.2. The molecule has 1 aliphatic carbocycles. The van der Waals surface area contributed by atoms with Gasteiger partial charge in [0.2, 0.25) is 11.7 Å². The van der Waals surface area contributed by atoms with E-state index >= 15 is 0 Å². The molecule has 3 rings (SSSR count). The van der Waals surface area contributed by atoms with Crippen molar-refractivity contribution in [3.05, 3.63) is 29.8 Å². The van der Waals surface area contributed by atoms with E-state index in [1.807, 2.05) is 31.2 Å². The molecule has 2 aromatic rings. The number of benzene rings is 1. The molecule has 122 valence electrons. The monoisotopic (exact) mass is 313 g/mol. The lowest BCUT2D eigenvalue weighted by atomic mass is 10.1. The summed E-state index contributed by atoms with van der Waals surface area (Å²) in [6, 6.07) is 8.24. The van der Waals surface area contributed by atoms with E-state index < -0.39 is 0 Å². The summed E-state index contributed by atoms with van der Waals surface area (Å²) in [7, 11) is 0. The maximum atomic E-state index is 12.1. The highest BCUT2D eigenvalue weighted by Gasteiger charge is 2.16. The molecule has 1 aromatic heterocycles. The van der Waals surface area contributed by atoms with Gasteiger partial charge in [-0.1, -0.05) is 55.5 Å². The normalized spacial score (nSPS) is 16.0. The summed E-state index contributed by atoms with van der Waals surface area (Å²) in [6.07, 6.45) is 7.10. The van der Waals surface area contributed by atoms with E-state index in [4.69, 9.17) is 0 Å². The molecule has 1 amide bonds. The predicted octanol–water partition coefficient (Wildman–Crippen LogP) is 2.49. The minimum atomic E-state index is -0.0373. The molecule has 0 spiro atoms. The van der Waals surface area contributed by atoms with Crippen molar-refractivity contribution in [3.8, 4) is 11.4 Å². The maximum absolute atomic E-state index is 12.1. The van der Waals surface area contributed by atoms with Crippen LogP contribution in [0.25, 0.3) is 11.4 Å². The number of rotatable bonds is 4. The second kappa shape index (κ2) is 7.35. The van der Waals surface area contributed by atoms with Gasteiger partial charge in [0, 0.05) is 11.6 Å². The van der Waals surface area contributed by atoms with Gasteiger partial charge in [-0.3, -0.25) is 4.79 Å². The molecule has 6 nitrogen and oxygen atoms in total. The fourth-order valence-electron chi connectivity index (χ4n) is 2.95. The lowest BCUT2D eigenvalue weighted by Crippen LogP contribution is -2.37. The molecule has 0 radical (unpaired) electrons. The van der Waals surface area contributed by atoms with Crippen LogP contribution in [-0.2, 0) is 11.3 Å². The molecule has 0 atom stereocenters. The van der Waals surface area contributed by atoms with Gasteiger partial charge in [-0.25, -0.2) is 0 Å². The van der Waals surface area contributed by atoms with Crippen molar-refractivity contribution < 1.29 is 4.79 Å². The van der Waals surface area contributed by atoms with Crippen LogP contribution < -0.4 is 5.32 Å². The van der Waals surface area contributed by atoms with Crippen LogP contribution in [0, 0.1) is 6.92 Å². The van der Waals surface area contributed by atoms with E-state index in [-0.39, 0.29) is 12.5 Å². The predicted molar refractivity (Wildman–Crippen MR) is 87.6 cm³/mol. The molecule has 0 bridgehead atoms. The topological polar surface area (TPSA) is 72.7 Å². The quantitative estimate of drug-likeness (QED) is 0.880. The molecular formula is C17H23N5O. The van der Waals surface area contributed by atoms with Gasteiger partial charge in [0.1, 0.15) is 6.54 Å². The Morgan fingerprint density at radius 1 is 1.17 bits per heavy atom. The third-order valence-electron chi connectivity index (χ3n) is 4.27. The standard InChI is InChI=1S/C17H23N5O/c1-13-8-10-14(11-9-13)17-19-21-22(20-17)12-16(23)18-15-6-4-2-3-5-7-15/h8-11,15H,2-7,12H2,1H3,(H,18,23). The van der Waals surface area contributed by atoms with Crippen molar-refractivity contribution in [2.24, 2.45) is 0 Å². The zero-order valence-electron chi connectivity index (χ0n) is 13.5. The highest BCUT2D eigenvalue weighted by Crippen LogP contribution is 2.17. The Bertz CT molecular complexity index is 641. The Hall–Kier alpha value is -2.24. The maximum Gasteiger partial charge on any atom is 0.243 e. The highest BCUT2D eigenvalue weighted by atomic mass is 16.2. The molecule has 1 fully saturated rings. The summed E-state index contributed by atoms with van der Waals surface area (Å²) >= 11 is 0. The van der Waals surface area contributed by atoms with Gasteiger partial charge in [0.25, 0.3) is 0 Å². The van der Waals surface area contributed by atoms with E-state index in [1.54, 1.807) is 0 Å². The summed E-state index contributed by atoms with van der Waals surface area (Å²) in [5, 5.41) is 15.4. The third-order valence-corrected chi connectivity index (χ3v) is 4.27. The number of hydrogen-bond acceptors (Lipinski definition) is 4. The van der Waals surface area contributed by atoms with Crippen molar-refractivity contribution in [3.63, 3.8) is 0 Å². The second-order valence-electron chi connectivity index (χ2n) is 6.27. The first-order valence-corrected chi connectivity index (χ1v) is 8.35. The van der Waals surface area contributed by atoms with E-state index in [2.05, 4.69) is 20.7 Å². The second-order valence-corrected chi connectivity index (χ2v) is 6.27. The number of aryl methyl sites for hydroxylation is 1. The van der Waals surface area contributed by atoms with Crippen LogP contribution in [0.15, 0.2) is 24.3 Å². The van der Waals surface area contributed by atoms with E-state index in [0.717, 1.165) is 18.4 Å². The number of carbonyl (C=O) groups is 1. The fourth-order valence-corrected chi connectivity index (χ4v) is 2.95. The fraction of sp³-hybridized carbons (Fsp3) is 0.529. The Kier molecular flexibility index (Phi) is 5.00. The van der Waals surface area contributed by atoms with Gasteiger partial charge < -0.3 is 5.32 Å². The molecule has 0 unspecified atom stereocenters. The summed E-state index contributed by atoms with van der Waals surface area (Å²) in [6.45, 7) is 2.15. The van der Waals surface area contributed by atoms with Gasteiger partial charge in [-0.15, -0.1) is 10.2 Å². The first kappa shape index (κ1) is 15.6. The van der Waals surface area contributed by atoms with Crippen molar-refractivity contribution in [1.82, 2.24) is 25.5 Å². The average molecular weight is 313 g/mol. The molecular weight excluding hydrogens is 290 g/mol. The van der Waals surface area contributed by atoms with Gasteiger partial charge in [-0.2, -0.15) is 4.80 Å². The minimum absolute atomic E-state index is 0.0373. The number of nitrogens with one attached hydrogen (secondary N) is 1. The van der Waals surface area contributed by atoms with Crippen molar-refractivity contribution in [2.45, 2.75) is 58.0 Å². The van der Waals surface area contributed by atoms with Gasteiger partial charge in [0.05, 0.1) is 0 Å². The van der Waals surface area contributed by atoms with Crippen LogP contribution >= 0.6 is 0 Å². The molecule has 0 saturated heterocycles. The number of aromatic nitrogens is 4. The van der Waals surface area contributed by atoms with Crippen LogP contribution in [0.2, 0.25) is 0 Å². The average Bonchev–Trinajstić information content (AvgIpc) is 2.84. The minimum Gasteiger partial charge on any atom is -0.352 e. The van der Waals surface area contributed by atoms with Crippen LogP contribution in [0.5, 0.6) is 0 Å². The molecule has 1 aromatic carbocycles. The number of amides is 1. The first-order valence-electron chi connectivity index (χ1n) is 8.35. The molecule has 1 aliphatic rings. The van der Waals surface area contributed by atoms with Crippen molar-refractivity contribution in [2.75, 3.05) is 0 Å². The Morgan fingerprint density at radius 3 is 2.57 bits per heavy atom. The summed E-state index contributed by atoms with van der Waals surface area (Å²) in [5.41, 5.74) is 2.09. The zero-order valence-corrected chi connectivity index (χ0v) is 13.5. The van der Waals surface area contributed by atoms with E-state index in [9.17, 15) is 4.79 Å². The molecule has 0 aliphatic heterocycles. The SMILES string of the molecule is Cc1ccc(-c2nnn(CC(=O)NC3CCCCCC3)n2)cc1. The van der Waals surface area contributed by atoms with Crippen LogP contribution in [0.1, 0.15) is 44.1 Å². The smallest absolute Gasteiger partial charge is 0.243 e. The van der Waals surface area contributed by atoms with Gasteiger partial charge >= 0.3 is 0 Å². The molecule has 1 saturated carbocycles. The summed E-state index contributed by atoms with van der Waals surface area (Å²) in [4.78, 5) is 13.5. The number of nitrogens with zero attached hydrogens (tertiary/aromatic N) is 4. The number of carbonyl (C=O) groups excluding carboxylic acids is 1. The van der Waals surface area contributed by atoms with Crippen LogP contribution in [0.3, 0.4) is 0 Å². The number of hydrogen-bond donors (Lipinski definition) is 1. The third kappa shape index (κ3) is 4.37. The van der Waals surface area contributed by atoms with Crippen molar-refractivity contribution in [1.29, 1.82) is 0 Å². The van der Waals surface area contributed by atoms with Gasteiger partial charge in [0.15, 0.2) is 0 Å². The van der Waals surface area contributed by atoms with Gasteiger partial charge in [-0.05, 0) is 25.0 Å². The van der Waals surface area contributed by atoms with Crippen LogP contribution in [0.4, 0.5) is 0 Å².